The maximum atomic E-state index is 12.2. The molecule has 0 spiro atoms. The molecule has 0 heterocycles. The first kappa shape index (κ1) is 20.2. The maximum absolute atomic E-state index is 12.2. The first-order valence-electron chi connectivity index (χ1n) is 8.95. The van der Waals surface area contributed by atoms with Crippen LogP contribution in [0.2, 0.25) is 0 Å². The molecule has 1 atom stereocenters. The van der Waals surface area contributed by atoms with Gasteiger partial charge in [0.2, 0.25) is 5.91 Å². The number of aliphatic carboxylic acids is 1. The van der Waals surface area contributed by atoms with E-state index in [1.54, 1.807) is 24.3 Å². The van der Waals surface area contributed by atoms with Crippen LogP contribution in [0.25, 0.3) is 0 Å². The Morgan fingerprint density at radius 2 is 1.52 bits per heavy atom. The highest BCUT2D eigenvalue weighted by molar-refractivity contribution is 5.94. The predicted molar refractivity (Wildman–Crippen MR) is 102 cm³/mol. The third-order valence-electron chi connectivity index (χ3n) is 4.09. The van der Waals surface area contributed by atoms with Gasteiger partial charge < -0.3 is 15.7 Å². The molecule has 0 aromatic heterocycles. The summed E-state index contributed by atoms with van der Waals surface area (Å²) >= 11 is 0. The Balaban J connectivity index is 1.78. The van der Waals surface area contributed by atoms with Gasteiger partial charge in [0, 0.05) is 24.9 Å². The predicted octanol–water partition coefficient (Wildman–Crippen LogP) is 2.92. The lowest BCUT2D eigenvalue weighted by atomic mass is 10.0. The zero-order valence-corrected chi connectivity index (χ0v) is 15.1. The Morgan fingerprint density at radius 3 is 2.15 bits per heavy atom. The second kappa shape index (κ2) is 10.8. The molecule has 0 saturated heterocycles. The fourth-order valence-corrected chi connectivity index (χ4v) is 2.68. The largest absolute Gasteiger partial charge is 0.481 e. The lowest BCUT2D eigenvalue weighted by Gasteiger charge is -2.18. The average molecular weight is 368 g/mol. The van der Waals surface area contributed by atoms with E-state index in [1.165, 1.54) is 0 Å². The molecular weight excluding hydrogens is 344 g/mol. The maximum Gasteiger partial charge on any atom is 0.303 e. The molecule has 2 aromatic carbocycles. The van der Waals surface area contributed by atoms with Crippen molar-refractivity contribution in [1.82, 2.24) is 10.6 Å². The minimum atomic E-state index is -0.895. The number of benzene rings is 2. The molecule has 0 aliphatic carbocycles. The molecule has 3 N–H and O–H groups in total. The summed E-state index contributed by atoms with van der Waals surface area (Å²) in [7, 11) is 0. The molecule has 0 fully saturated rings. The number of carboxylic acid groups (broad SMARTS) is 1. The third-order valence-corrected chi connectivity index (χ3v) is 4.09. The van der Waals surface area contributed by atoms with Crippen molar-refractivity contribution in [2.24, 2.45) is 0 Å². The lowest BCUT2D eigenvalue weighted by molar-refractivity contribution is -0.137. The summed E-state index contributed by atoms with van der Waals surface area (Å²) < 4.78 is 0. The van der Waals surface area contributed by atoms with Crippen molar-refractivity contribution < 1.29 is 19.5 Å². The highest BCUT2D eigenvalue weighted by Crippen LogP contribution is 2.18. The summed E-state index contributed by atoms with van der Waals surface area (Å²) in [6.07, 6.45) is 1.07. The van der Waals surface area contributed by atoms with Gasteiger partial charge in [-0.3, -0.25) is 14.4 Å². The number of amides is 2. The molecule has 0 aliphatic rings. The van der Waals surface area contributed by atoms with Crippen molar-refractivity contribution in [3.8, 4) is 0 Å². The number of carboxylic acids is 1. The van der Waals surface area contributed by atoms with Crippen LogP contribution < -0.4 is 10.6 Å². The lowest BCUT2D eigenvalue weighted by Crippen LogP contribution is -2.30. The second-order valence-corrected chi connectivity index (χ2v) is 6.19. The molecule has 0 bridgehead atoms. The zero-order valence-electron chi connectivity index (χ0n) is 15.1. The van der Waals surface area contributed by atoms with Crippen molar-refractivity contribution in [3.63, 3.8) is 0 Å². The molecule has 0 radical (unpaired) electrons. The van der Waals surface area contributed by atoms with Crippen LogP contribution in [0, 0.1) is 0 Å². The molecule has 142 valence electrons. The number of nitrogens with one attached hydrogen (secondary N) is 2. The zero-order chi connectivity index (χ0) is 19.5. The third kappa shape index (κ3) is 7.32. The standard InChI is InChI=1S/C21H24N2O4/c24-19(12-7-15-22-21(27)17-10-5-2-6-11-17)23-18(13-14-20(25)26)16-8-3-1-4-9-16/h1-6,8-11,18H,7,12-15H2,(H,22,27)(H,23,24)(H,25,26). The summed E-state index contributed by atoms with van der Waals surface area (Å²) in [5.41, 5.74) is 1.46. The van der Waals surface area contributed by atoms with Crippen LogP contribution >= 0.6 is 0 Å². The summed E-state index contributed by atoms with van der Waals surface area (Å²) in [5, 5.41) is 14.6. The number of carbonyl (C=O) groups excluding carboxylic acids is 2. The summed E-state index contributed by atoms with van der Waals surface area (Å²) in [6.45, 7) is 0.395. The molecule has 27 heavy (non-hydrogen) atoms. The van der Waals surface area contributed by atoms with Crippen molar-refractivity contribution in [2.75, 3.05) is 6.54 Å². The molecule has 1 unspecified atom stereocenters. The molecule has 6 heteroatoms. The van der Waals surface area contributed by atoms with Gasteiger partial charge in [-0.15, -0.1) is 0 Å². The normalized spacial score (nSPS) is 11.4. The highest BCUT2D eigenvalue weighted by Gasteiger charge is 2.15. The molecule has 6 nitrogen and oxygen atoms in total. The van der Waals surface area contributed by atoms with E-state index in [1.807, 2.05) is 36.4 Å². The van der Waals surface area contributed by atoms with E-state index in [-0.39, 0.29) is 30.7 Å². The molecule has 2 amide bonds. The van der Waals surface area contributed by atoms with Crippen LogP contribution in [0.3, 0.4) is 0 Å². The Hall–Kier alpha value is -3.15. The van der Waals surface area contributed by atoms with Crippen LogP contribution in [0.5, 0.6) is 0 Å². The Kier molecular flexibility index (Phi) is 8.03. The van der Waals surface area contributed by atoms with Crippen LogP contribution in [0.15, 0.2) is 60.7 Å². The van der Waals surface area contributed by atoms with Gasteiger partial charge in [0.25, 0.3) is 5.91 Å². The molecule has 2 rings (SSSR count). The Bertz CT molecular complexity index is 747. The van der Waals surface area contributed by atoms with Crippen LogP contribution in [-0.2, 0) is 9.59 Å². The smallest absolute Gasteiger partial charge is 0.303 e. The fraction of sp³-hybridized carbons (Fsp3) is 0.286. The van der Waals surface area contributed by atoms with Gasteiger partial charge >= 0.3 is 5.97 Å². The summed E-state index contributed by atoms with van der Waals surface area (Å²) in [6, 6.07) is 17.9. The Morgan fingerprint density at radius 1 is 0.889 bits per heavy atom. The number of rotatable bonds is 10. The molecule has 0 aliphatic heterocycles. The highest BCUT2D eigenvalue weighted by atomic mass is 16.4. The molecular formula is C21H24N2O4. The SMILES string of the molecule is O=C(O)CCC(NC(=O)CCCNC(=O)c1ccccc1)c1ccccc1. The minimum Gasteiger partial charge on any atom is -0.481 e. The fourth-order valence-electron chi connectivity index (χ4n) is 2.68. The van der Waals surface area contributed by atoms with E-state index >= 15 is 0 Å². The van der Waals surface area contributed by atoms with Gasteiger partial charge in [-0.2, -0.15) is 0 Å². The van der Waals surface area contributed by atoms with Crippen LogP contribution in [-0.4, -0.2) is 29.4 Å². The van der Waals surface area contributed by atoms with Crippen molar-refractivity contribution >= 4 is 17.8 Å². The number of hydrogen-bond acceptors (Lipinski definition) is 3. The van der Waals surface area contributed by atoms with E-state index in [0.717, 1.165) is 5.56 Å². The average Bonchev–Trinajstić information content (AvgIpc) is 2.69. The van der Waals surface area contributed by atoms with Crippen molar-refractivity contribution in [2.45, 2.75) is 31.7 Å². The van der Waals surface area contributed by atoms with Gasteiger partial charge in [0.05, 0.1) is 6.04 Å². The van der Waals surface area contributed by atoms with Crippen LogP contribution in [0.1, 0.15) is 47.6 Å². The van der Waals surface area contributed by atoms with Gasteiger partial charge in [-0.05, 0) is 30.5 Å². The number of carbonyl (C=O) groups is 3. The summed E-state index contributed by atoms with van der Waals surface area (Å²) in [5.74, 6) is -1.23. The van der Waals surface area contributed by atoms with E-state index in [2.05, 4.69) is 10.6 Å². The van der Waals surface area contributed by atoms with E-state index in [0.29, 0.717) is 24.9 Å². The van der Waals surface area contributed by atoms with Gasteiger partial charge in [-0.1, -0.05) is 48.5 Å². The Labute approximate surface area is 158 Å². The second-order valence-electron chi connectivity index (χ2n) is 6.19. The van der Waals surface area contributed by atoms with Crippen molar-refractivity contribution in [1.29, 1.82) is 0 Å². The minimum absolute atomic E-state index is 0.0209. The summed E-state index contributed by atoms with van der Waals surface area (Å²) in [4.78, 5) is 35.0. The molecule has 2 aromatic rings. The van der Waals surface area contributed by atoms with E-state index < -0.39 is 5.97 Å². The van der Waals surface area contributed by atoms with Crippen LogP contribution in [0.4, 0.5) is 0 Å². The van der Waals surface area contributed by atoms with Gasteiger partial charge in [0.15, 0.2) is 0 Å². The molecule has 0 saturated carbocycles. The first-order chi connectivity index (χ1) is 13.1. The first-order valence-corrected chi connectivity index (χ1v) is 8.95. The van der Waals surface area contributed by atoms with Gasteiger partial charge in [-0.25, -0.2) is 0 Å². The van der Waals surface area contributed by atoms with E-state index in [4.69, 9.17) is 5.11 Å². The number of hydrogen-bond donors (Lipinski definition) is 3. The quantitative estimate of drug-likeness (QED) is 0.562. The monoisotopic (exact) mass is 368 g/mol. The van der Waals surface area contributed by atoms with Gasteiger partial charge in [0.1, 0.15) is 0 Å². The van der Waals surface area contributed by atoms with Crippen molar-refractivity contribution in [3.05, 3.63) is 71.8 Å². The topological polar surface area (TPSA) is 95.5 Å². The van der Waals surface area contributed by atoms with E-state index in [9.17, 15) is 14.4 Å².